The molecule has 0 radical (unpaired) electrons. The predicted molar refractivity (Wildman–Crippen MR) is 60.6 cm³/mol. The molecule has 0 saturated carbocycles. The van der Waals surface area contributed by atoms with Crippen LogP contribution in [-0.4, -0.2) is 15.7 Å². The fraction of sp³-hybridized carbons (Fsp3) is 0.600. The zero-order chi connectivity index (χ0) is 10.0. The van der Waals surface area contributed by atoms with Crippen molar-refractivity contribution in [1.82, 2.24) is 9.97 Å². The SMILES string of the molecule is CC1(c2ncc(CCl)cn2)CCCS1. The second kappa shape index (κ2) is 4.07. The summed E-state index contributed by atoms with van der Waals surface area (Å²) in [5, 5.41) is 0. The Hall–Kier alpha value is -0.280. The van der Waals surface area contributed by atoms with Crippen LogP contribution < -0.4 is 0 Å². The Morgan fingerprint density at radius 1 is 1.50 bits per heavy atom. The van der Waals surface area contributed by atoms with Gasteiger partial charge in [-0.3, -0.25) is 0 Å². The summed E-state index contributed by atoms with van der Waals surface area (Å²) in [6.07, 6.45) is 6.11. The van der Waals surface area contributed by atoms with Crippen LogP contribution in [0, 0.1) is 0 Å². The van der Waals surface area contributed by atoms with Gasteiger partial charge in [-0.2, -0.15) is 0 Å². The van der Waals surface area contributed by atoms with Crippen molar-refractivity contribution in [3.05, 3.63) is 23.8 Å². The highest BCUT2D eigenvalue weighted by molar-refractivity contribution is 8.00. The van der Waals surface area contributed by atoms with Crippen molar-refractivity contribution in [2.24, 2.45) is 0 Å². The molecule has 2 nitrogen and oxygen atoms in total. The molecule has 1 fully saturated rings. The monoisotopic (exact) mass is 228 g/mol. The summed E-state index contributed by atoms with van der Waals surface area (Å²) in [5.74, 6) is 2.66. The smallest absolute Gasteiger partial charge is 0.143 e. The quantitative estimate of drug-likeness (QED) is 0.728. The van der Waals surface area contributed by atoms with Crippen LogP contribution in [0.15, 0.2) is 12.4 Å². The number of aromatic nitrogens is 2. The van der Waals surface area contributed by atoms with E-state index in [1.165, 1.54) is 18.6 Å². The topological polar surface area (TPSA) is 25.8 Å². The minimum atomic E-state index is 0.130. The van der Waals surface area contributed by atoms with Gasteiger partial charge in [0.25, 0.3) is 0 Å². The first-order chi connectivity index (χ1) is 6.74. The maximum absolute atomic E-state index is 5.69. The zero-order valence-corrected chi connectivity index (χ0v) is 9.74. The molecule has 1 unspecified atom stereocenters. The van der Waals surface area contributed by atoms with Crippen molar-refractivity contribution in [2.45, 2.75) is 30.4 Å². The van der Waals surface area contributed by atoms with Crippen LogP contribution in [0.25, 0.3) is 0 Å². The van der Waals surface area contributed by atoms with E-state index in [1.54, 1.807) is 0 Å². The summed E-state index contributed by atoms with van der Waals surface area (Å²) < 4.78 is 0.130. The highest BCUT2D eigenvalue weighted by Crippen LogP contribution is 2.44. The lowest BCUT2D eigenvalue weighted by atomic mass is 10.1. The summed E-state index contributed by atoms with van der Waals surface area (Å²) >= 11 is 7.64. The minimum Gasteiger partial charge on any atom is -0.240 e. The first kappa shape index (κ1) is 10.2. The second-order valence-corrected chi connectivity index (χ2v) is 5.60. The Bertz CT molecular complexity index is 306. The van der Waals surface area contributed by atoms with Crippen LogP contribution in [0.1, 0.15) is 31.2 Å². The van der Waals surface area contributed by atoms with Crippen LogP contribution in [-0.2, 0) is 10.6 Å². The molecule has 76 valence electrons. The molecule has 14 heavy (non-hydrogen) atoms. The van der Waals surface area contributed by atoms with Crippen molar-refractivity contribution in [1.29, 1.82) is 0 Å². The summed E-state index contributed by atoms with van der Waals surface area (Å²) in [5.41, 5.74) is 0.988. The van der Waals surface area contributed by atoms with Crippen LogP contribution in [0.3, 0.4) is 0 Å². The number of halogens is 1. The van der Waals surface area contributed by atoms with E-state index >= 15 is 0 Å². The fourth-order valence-electron chi connectivity index (χ4n) is 1.65. The van der Waals surface area contributed by atoms with E-state index in [4.69, 9.17) is 11.6 Å². The molecule has 0 aliphatic carbocycles. The second-order valence-electron chi connectivity index (χ2n) is 3.73. The lowest BCUT2D eigenvalue weighted by Gasteiger charge is -2.20. The van der Waals surface area contributed by atoms with Crippen LogP contribution >= 0.6 is 23.4 Å². The molecule has 1 aliphatic heterocycles. The van der Waals surface area contributed by atoms with E-state index < -0.39 is 0 Å². The van der Waals surface area contributed by atoms with Gasteiger partial charge in [-0.05, 0) is 25.5 Å². The molecule has 0 amide bonds. The summed E-state index contributed by atoms with van der Waals surface area (Å²) in [4.78, 5) is 8.77. The van der Waals surface area contributed by atoms with Crippen LogP contribution in [0.2, 0.25) is 0 Å². The molecule has 1 aromatic rings. The number of alkyl halides is 1. The molecule has 1 aliphatic rings. The van der Waals surface area contributed by atoms with Gasteiger partial charge in [0.15, 0.2) is 0 Å². The fourth-order valence-corrected chi connectivity index (χ4v) is 3.05. The number of thioether (sulfide) groups is 1. The molecule has 0 spiro atoms. The molecular weight excluding hydrogens is 216 g/mol. The average Bonchev–Trinajstić information content (AvgIpc) is 2.67. The third-order valence-electron chi connectivity index (χ3n) is 2.55. The van der Waals surface area contributed by atoms with Gasteiger partial charge in [-0.1, -0.05) is 0 Å². The predicted octanol–water partition coefficient (Wildman–Crippen LogP) is 2.96. The van der Waals surface area contributed by atoms with E-state index in [-0.39, 0.29) is 4.75 Å². The van der Waals surface area contributed by atoms with Crippen molar-refractivity contribution >= 4 is 23.4 Å². The highest BCUT2D eigenvalue weighted by Gasteiger charge is 2.33. The Balaban J connectivity index is 2.23. The number of hydrogen-bond acceptors (Lipinski definition) is 3. The third kappa shape index (κ3) is 1.89. The molecular formula is C10H13ClN2S. The molecule has 1 atom stereocenters. The van der Waals surface area contributed by atoms with Crippen molar-refractivity contribution in [3.63, 3.8) is 0 Å². The summed E-state index contributed by atoms with van der Waals surface area (Å²) in [7, 11) is 0. The molecule has 1 aromatic heterocycles. The van der Waals surface area contributed by atoms with Gasteiger partial charge >= 0.3 is 0 Å². The first-order valence-electron chi connectivity index (χ1n) is 4.76. The van der Waals surface area contributed by atoms with Crippen molar-refractivity contribution < 1.29 is 0 Å². The van der Waals surface area contributed by atoms with Crippen LogP contribution in [0.4, 0.5) is 0 Å². The number of hydrogen-bond donors (Lipinski definition) is 0. The molecule has 1 saturated heterocycles. The molecule has 0 N–H and O–H groups in total. The Morgan fingerprint density at radius 2 is 2.21 bits per heavy atom. The van der Waals surface area contributed by atoms with Gasteiger partial charge < -0.3 is 0 Å². The number of rotatable bonds is 2. The van der Waals surface area contributed by atoms with E-state index in [1.807, 2.05) is 24.2 Å². The van der Waals surface area contributed by atoms with E-state index in [0.29, 0.717) is 5.88 Å². The highest BCUT2D eigenvalue weighted by atomic mass is 35.5. The van der Waals surface area contributed by atoms with Crippen molar-refractivity contribution in [3.8, 4) is 0 Å². The Labute approximate surface area is 93.5 Å². The molecule has 0 aromatic carbocycles. The van der Waals surface area contributed by atoms with Gasteiger partial charge in [0, 0.05) is 18.0 Å². The van der Waals surface area contributed by atoms with Crippen molar-refractivity contribution in [2.75, 3.05) is 5.75 Å². The first-order valence-corrected chi connectivity index (χ1v) is 6.28. The maximum Gasteiger partial charge on any atom is 0.143 e. The number of nitrogens with zero attached hydrogens (tertiary/aromatic N) is 2. The maximum atomic E-state index is 5.69. The lowest BCUT2D eigenvalue weighted by Crippen LogP contribution is -2.17. The molecule has 2 rings (SSSR count). The largest absolute Gasteiger partial charge is 0.240 e. The average molecular weight is 229 g/mol. The van der Waals surface area contributed by atoms with Gasteiger partial charge in [-0.15, -0.1) is 23.4 Å². The minimum absolute atomic E-state index is 0.130. The van der Waals surface area contributed by atoms with E-state index in [2.05, 4.69) is 16.9 Å². The van der Waals surface area contributed by atoms with Gasteiger partial charge in [0.05, 0.1) is 10.6 Å². The molecule has 0 bridgehead atoms. The third-order valence-corrected chi connectivity index (χ3v) is 4.38. The normalized spacial score (nSPS) is 26.7. The summed E-state index contributed by atoms with van der Waals surface area (Å²) in [6, 6.07) is 0. The van der Waals surface area contributed by atoms with E-state index in [0.717, 1.165) is 11.4 Å². The molecule has 4 heteroatoms. The molecule has 2 heterocycles. The van der Waals surface area contributed by atoms with E-state index in [9.17, 15) is 0 Å². The van der Waals surface area contributed by atoms with Gasteiger partial charge in [0.2, 0.25) is 0 Å². The lowest BCUT2D eigenvalue weighted by molar-refractivity contribution is 0.603. The summed E-state index contributed by atoms with van der Waals surface area (Å²) in [6.45, 7) is 2.22. The van der Waals surface area contributed by atoms with Crippen LogP contribution in [0.5, 0.6) is 0 Å². The van der Waals surface area contributed by atoms with Gasteiger partial charge in [-0.25, -0.2) is 9.97 Å². The Kier molecular flexibility index (Phi) is 2.98. The van der Waals surface area contributed by atoms with Gasteiger partial charge in [0.1, 0.15) is 5.82 Å². The Morgan fingerprint density at radius 3 is 2.71 bits per heavy atom. The zero-order valence-electron chi connectivity index (χ0n) is 8.16. The standard InChI is InChI=1S/C10H13ClN2S/c1-10(3-2-4-14-10)9-12-6-8(5-11)7-13-9/h6-7H,2-5H2,1H3.